The minimum Gasteiger partial charge on any atom is -0.485 e. The van der Waals surface area contributed by atoms with E-state index >= 15 is 0 Å². The van der Waals surface area contributed by atoms with Crippen LogP contribution < -0.4 is 10.1 Å². The van der Waals surface area contributed by atoms with Gasteiger partial charge in [-0.1, -0.05) is 63.6 Å². The Balaban J connectivity index is 1.53. The molecule has 1 N–H and O–H groups in total. The van der Waals surface area contributed by atoms with E-state index < -0.39 is 0 Å². The lowest BCUT2D eigenvalue weighted by atomic mass is 10.1. The maximum absolute atomic E-state index is 12.5. The fourth-order valence-electron chi connectivity index (χ4n) is 3.46. The summed E-state index contributed by atoms with van der Waals surface area (Å²) in [6, 6.07) is 21.7. The number of halogens is 1. The molecule has 3 aromatic carbocycles. The average Bonchev–Trinajstić information content (AvgIpc) is 3.22. The van der Waals surface area contributed by atoms with Crippen molar-refractivity contribution in [2.75, 3.05) is 11.1 Å². The number of para-hydroxylation sites is 1. The Kier molecular flexibility index (Phi) is 7.70. The second-order valence-electron chi connectivity index (χ2n) is 7.92. The number of rotatable bonds is 8. The minimum atomic E-state index is -0.112. The van der Waals surface area contributed by atoms with Gasteiger partial charge in [0.2, 0.25) is 5.91 Å². The Hall–Kier alpha value is -3.10. The monoisotopic (exact) mass is 536 g/mol. The van der Waals surface area contributed by atoms with Crippen LogP contribution in [-0.4, -0.2) is 26.4 Å². The van der Waals surface area contributed by atoms with E-state index in [1.807, 2.05) is 92.1 Å². The first-order valence-corrected chi connectivity index (χ1v) is 12.6. The molecule has 4 aromatic rings. The number of carbonyl (C=O) groups excluding carboxylic acids is 1. The van der Waals surface area contributed by atoms with Gasteiger partial charge < -0.3 is 10.1 Å². The molecule has 34 heavy (non-hydrogen) atoms. The van der Waals surface area contributed by atoms with Gasteiger partial charge in [0, 0.05) is 15.8 Å². The summed E-state index contributed by atoms with van der Waals surface area (Å²) in [6.45, 7) is 6.36. The van der Waals surface area contributed by atoms with E-state index in [1.54, 1.807) is 0 Å². The van der Waals surface area contributed by atoms with E-state index in [0.29, 0.717) is 11.0 Å². The fraction of sp³-hybridized carbons (Fsp3) is 0.192. The van der Waals surface area contributed by atoms with Crippen molar-refractivity contribution in [2.24, 2.45) is 0 Å². The minimum absolute atomic E-state index is 0.112. The molecule has 6 nitrogen and oxygen atoms in total. The number of carbonyl (C=O) groups is 1. The smallest absolute Gasteiger partial charge is 0.234 e. The second-order valence-corrected chi connectivity index (χ2v) is 9.78. The number of amides is 1. The van der Waals surface area contributed by atoms with Crippen LogP contribution in [0.1, 0.15) is 22.5 Å². The number of aromatic nitrogens is 3. The predicted molar refractivity (Wildman–Crippen MR) is 140 cm³/mol. The normalized spacial score (nSPS) is 10.8. The molecule has 0 aliphatic heterocycles. The standard InChI is InChI=1S/C26H25BrN4O2S/c1-17-7-13-22(14-8-17)31-23(15-33-25-18(2)5-4-6-19(25)3)29-30-26(31)34-16-24(32)28-21-11-9-20(27)10-12-21/h4-14H,15-16H2,1-3H3,(H,28,32). The molecule has 0 radical (unpaired) electrons. The van der Waals surface area contributed by atoms with Crippen LogP contribution >= 0.6 is 27.7 Å². The van der Waals surface area contributed by atoms with Gasteiger partial charge >= 0.3 is 0 Å². The molecule has 1 amide bonds. The van der Waals surface area contributed by atoms with Gasteiger partial charge in [0.15, 0.2) is 11.0 Å². The Morgan fingerprint density at radius 2 is 1.65 bits per heavy atom. The molecule has 0 aliphatic rings. The number of thioether (sulfide) groups is 1. The summed E-state index contributed by atoms with van der Waals surface area (Å²) in [5, 5.41) is 12.3. The topological polar surface area (TPSA) is 69.0 Å². The quantitative estimate of drug-likeness (QED) is 0.269. The van der Waals surface area contributed by atoms with Gasteiger partial charge in [-0.05, 0) is 68.3 Å². The van der Waals surface area contributed by atoms with E-state index in [1.165, 1.54) is 11.8 Å². The van der Waals surface area contributed by atoms with Crippen molar-refractivity contribution < 1.29 is 9.53 Å². The molecule has 0 saturated carbocycles. The number of ether oxygens (including phenoxy) is 1. The highest BCUT2D eigenvalue weighted by Crippen LogP contribution is 2.26. The van der Waals surface area contributed by atoms with Gasteiger partial charge in [0.25, 0.3) is 0 Å². The lowest BCUT2D eigenvalue weighted by Gasteiger charge is -2.14. The number of benzene rings is 3. The molecular weight excluding hydrogens is 512 g/mol. The first-order chi connectivity index (χ1) is 16.4. The van der Waals surface area contributed by atoms with Gasteiger partial charge in [0.1, 0.15) is 12.4 Å². The highest BCUT2D eigenvalue weighted by atomic mass is 79.9. The molecule has 1 aromatic heterocycles. The van der Waals surface area contributed by atoms with E-state index in [-0.39, 0.29) is 18.3 Å². The van der Waals surface area contributed by atoms with Crippen molar-refractivity contribution in [3.05, 3.63) is 93.7 Å². The molecule has 8 heteroatoms. The summed E-state index contributed by atoms with van der Waals surface area (Å²) in [5.74, 6) is 1.61. The summed E-state index contributed by atoms with van der Waals surface area (Å²) in [4.78, 5) is 12.5. The van der Waals surface area contributed by atoms with Crippen LogP contribution in [0.3, 0.4) is 0 Å². The number of nitrogens with zero attached hydrogens (tertiary/aromatic N) is 3. The number of aryl methyl sites for hydroxylation is 3. The van der Waals surface area contributed by atoms with Crippen molar-refractivity contribution >= 4 is 39.3 Å². The summed E-state index contributed by atoms with van der Waals surface area (Å²) in [7, 11) is 0. The molecule has 0 bridgehead atoms. The Morgan fingerprint density at radius 3 is 2.32 bits per heavy atom. The first-order valence-electron chi connectivity index (χ1n) is 10.8. The van der Waals surface area contributed by atoms with Crippen molar-refractivity contribution in [3.63, 3.8) is 0 Å². The Labute approximate surface area is 211 Å². The summed E-state index contributed by atoms with van der Waals surface area (Å²) in [5.41, 5.74) is 4.97. The highest BCUT2D eigenvalue weighted by Gasteiger charge is 2.17. The zero-order chi connectivity index (χ0) is 24.1. The van der Waals surface area contributed by atoms with Gasteiger partial charge in [-0.25, -0.2) is 0 Å². The number of anilines is 1. The largest absolute Gasteiger partial charge is 0.485 e. The van der Waals surface area contributed by atoms with Crippen LogP contribution in [0, 0.1) is 20.8 Å². The summed E-state index contributed by atoms with van der Waals surface area (Å²) < 4.78 is 9.06. The number of nitrogens with one attached hydrogen (secondary N) is 1. The Morgan fingerprint density at radius 1 is 0.971 bits per heavy atom. The van der Waals surface area contributed by atoms with E-state index in [2.05, 4.69) is 31.4 Å². The van der Waals surface area contributed by atoms with Crippen LogP contribution in [0.2, 0.25) is 0 Å². The van der Waals surface area contributed by atoms with E-state index in [9.17, 15) is 4.79 Å². The SMILES string of the molecule is Cc1ccc(-n2c(COc3c(C)cccc3C)nnc2SCC(=O)Nc2ccc(Br)cc2)cc1. The van der Waals surface area contributed by atoms with Crippen LogP contribution in [-0.2, 0) is 11.4 Å². The predicted octanol–water partition coefficient (Wildman–Crippen LogP) is 6.26. The van der Waals surface area contributed by atoms with Crippen molar-refractivity contribution in [3.8, 4) is 11.4 Å². The zero-order valence-corrected chi connectivity index (χ0v) is 21.6. The van der Waals surface area contributed by atoms with Gasteiger partial charge in [-0.2, -0.15) is 0 Å². The molecule has 0 spiro atoms. The maximum atomic E-state index is 12.5. The van der Waals surface area contributed by atoms with E-state index in [4.69, 9.17) is 4.74 Å². The zero-order valence-electron chi connectivity index (χ0n) is 19.2. The first kappa shape index (κ1) is 24.0. The lowest BCUT2D eigenvalue weighted by Crippen LogP contribution is -2.14. The number of hydrogen-bond donors (Lipinski definition) is 1. The van der Waals surface area contributed by atoms with Crippen LogP contribution in [0.25, 0.3) is 5.69 Å². The van der Waals surface area contributed by atoms with Crippen molar-refractivity contribution in [2.45, 2.75) is 32.5 Å². The molecular formula is C26H25BrN4O2S. The fourth-order valence-corrected chi connectivity index (χ4v) is 4.50. The van der Waals surface area contributed by atoms with Gasteiger partial charge in [-0.3, -0.25) is 9.36 Å². The maximum Gasteiger partial charge on any atom is 0.234 e. The molecule has 174 valence electrons. The molecule has 0 unspecified atom stereocenters. The lowest BCUT2D eigenvalue weighted by molar-refractivity contribution is -0.113. The average molecular weight is 537 g/mol. The Bertz CT molecular complexity index is 1270. The molecule has 0 atom stereocenters. The molecule has 0 aliphatic carbocycles. The van der Waals surface area contributed by atoms with Gasteiger partial charge in [-0.15, -0.1) is 10.2 Å². The highest BCUT2D eigenvalue weighted by molar-refractivity contribution is 9.10. The number of hydrogen-bond acceptors (Lipinski definition) is 5. The summed E-state index contributed by atoms with van der Waals surface area (Å²) >= 11 is 4.74. The van der Waals surface area contributed by atoms with E-state index in [0.717, 1.165) is 38.3 Å². The molecule has 0 saturated heterocycles. The third kappa shape index (κ3) is 5.87. The molecule has 0 fully saturated rings. The van der Waals surface area contributed by atoms with Crippen molar-refractivity contribution in [1.82, 2.24) is 14.8 Å². The third-order valence-electron chi connectivity index (χ3n) is 5.21. The van der Waals surface area contributed by atoms with Crippen LogP contribution in [0.15, 0.2) is 76.4 Å². The van der Waals surface area contributed by atoms with Crippen LogP contribution in [0.4, 0.5) is 5.69 Å². The van der Waals surface area contributed by atoms with Crippen molar-refractivity contribution in [1.29, 1.82) is 0 Å². The van der Waals surface area contributed by atoms with Gasteiger partial charge in [0.05, 0.1) is 5.75 Å². The third-order valence-corrected chi connectivity index (χ3v) is 6.66. The summed E-state index contributed by atoms with van der Waals surface area (Å²) in [6.07, 6.45) is 0. The second kappa shape index (κ2) is 10.9. The van der Waals surface area contributed by atoms with Crippen LogP contribution in [0.5, 0.6) is 5.75 Å². The molecule has 1 heterocycles. The molecule has 4 rings (SSSR count).